The minimum absolute atomic E-state index is 0.108. The number of nitrogens with two attached hydrogens (primary N) is 1. The molecule has 2 unspecified atom stereocenters. The third-order valence-corrected chi connectivity index (χ3v) is 3.52. The summed E-state index contributed by atoms with van der Waals surface area (Å²) in [6.45, 7) is 1.17. The summed E-state index contributed by atoms with van der Waals surface area (Å²) in [5.41, 5.74) is 6.71. The standard InChI is InChI=1S/C12H20N4O/c1-16-8-9(7-15-16)6-14-12(17)11-4-2-3-10(11)5-13/h7-8,10-11H,2-6,13H2,1H3,(H,14,17). The van der Waals surface area contributed by atoms with E-state index in [-0.39, 0.29) is 11.8 Å². The molecule has 17 heavy (non-hydrogen) atoms. The average Bonchev–Trinajstić information content (AvgIpc) is 2.94. The molecule has 5 nitrogen and oxygen atoms in total. The van der Waals surface area contributed by atoms with Crippen LogP contribution in [-0.2, 0) is 18.4 Å². The maximum atomic E-state index is 12.0. The second kappa shape index (κ2) is 5.31. The summed E-state index contributed by atoms with van der Waals surface area (Å²) < 4.78 is 1.74. The first kappa shape index (κ1) is 12.1. The molecule has 0 bridgehead atoms. The van der Waals surface area contributed by atoms with Crippen LogP contribution in [0.3, 0.4) is 0 Å². The molecular formula is C12H20N4O. The number of hydrogen-bond acceptors (Lipinski definition) is 3. The van der Waals surface area contributed by atoms with E-state index >= 15 is 0 Å². The molecule has 0 radical (unpaired) electrons. The molecule has 1 fully saturated rings. The first-order valence-electron chi connectivity index (χ1n) is 6.16. The smallest absolute Gasteiger partial charge is 0.223 e. The van der Waals surface area contributed by atoms with Crippen molar-refractivity contribution in [1.82, 2.24) is 15.1 Å². The molecule has 0 aliphatic heterocycles. The molecule has 0 aromatic carbocycles. The van der Waals surface area contributed by atoms with Crippen molar-refractivity contribution in [1.29, 1.82) is 0 Å². The van der Waals surface area contributed by atoms with Gasteiger partial charge in [0.05, 0.1) is 6.20 Å². The molecule has 0 spiro atoms. The van der Waals surface area contributed by atoms with Gasteiger partial charge in [0.2, 0.25) is 5.91 Å². The van der Waals surface area contributed by atoms with E-state index in [1.54, 1.807) is 10.9 Å². The number of nitrogens with zero attached hydrogens (tertiary/aromatic N) is 2. The van der Waals surface area contributed by atoms with Gasteiger partial charge in [0, 0.05) is 31.3 Å². The molecule has 3 N–H and O–H groups in total. The molecule has 1 aromatic heterocycles. The lowest BCUT2D eigenvalue weighted by Crippen LogP contribution is -2.34. The zero-order valence-electron chi connectivity index (χ0n) is 10.2. The second-order valence-electron chi connectivity index (χ2n) is 4.77. The fourth-order valence-electron chi connectivity index (χ4n) is 2.55. The summed E-state index contributed by atoms with van der Waals surface area (Å²) in [6, 6.07) is 0. The van der Waals surface area contributed by atoms with Crippen molar-refractivity contribution in [3.05, 3.63) is 18.0 Å². The lowest BCUT2D eigenvalue weighted by Gasteiger charge is -2.16. The zero-order valence-corrected chi connectivity index (χ0v) is 10.2. The largest absolute Gasteiger partial charge is 0.352 e. The van der Waals surface area contributed by atoms with E-state index in [4.69, 9.17) is 5.73 Å². The highest BCUT2D eigenvalue weighted by Crippen LogP contribution is 2.30. The van der Waals surface area contributed by atoms with E-state index in [0.717, 1.165) is 24.8 Å². The third kappa shape index (κ3) is 2.85. The van der Waals surface area contributed by atoms with Gasteiger partial charge in [0.25, 0.3) is 0 Å². The van der Waals surface area contributed by atoms with E-state index in [1.165, 1.54) is 0 Å². The van der Waals surface area contributed by atoms with E-state index in [1.807, 2.05) is 13.2 Å². The summed E-state index contributed by atoms with van der Waals surface area (Å²) in [6.07, 6.45) is 6.86. The number of amides is 1. The highest BCUT2D eigenvalue weighted by Gasteiger charge is 2.31. The van der Waals surface area contributed by atoms with E-state index < -0.39 is 0 Å². The van der Waals surface area contributed by atoms with Crippen LogP contribution in [0.15, 0.2) is 12.4 Å². The number of carbonyl (C=O) groups excluding carboxylic acids is 1. The van der Waals surface area contributed by atoms with Crippen LogP contribution in [0, 0.1) is 11.8 Å². The quantitative estimate of drug-likeness (QED) is 0.795. The first-order chi connectivity index (χ1) is 8.20. The maximum absolute atomic E-state index is 12.0. The van der Waals surface area contributed by atoms with E-state index in [2.05, 4.69) is 10.4 Å². The second-order valence-corrected chi connectivity index (χ2v) is 4.77. The van der Waals surface area contributed by atoms with Gasteiger partial charge in [-0.3, -0.25) is 9.48 Å². The number of rotatable bonds is 4. The number of hydrogen-bond donors (Lipinski definition) is 2. The SMILES string of the molecule is Cn1cc(CNC(=O)C2CCCC2CN)cn1. The summed E-state index contributed by atoms with van der Waals surface area (Å²) in [4.78, 5) is 12.0. The van der Waals surface area contributed by atoms with Crippen LogP contribution in [0.2, 0.25) is 0 Å². The van der Waals surface area contributed by atoms with Crippen molar-refractivity contribution in [3.63, 3.8) is 0 Å². The van der Waals surface area contributed by atoms with Crippen molar-refractivity contribution in [3.8, 4) is 0 Å². The van der Waals surface area contributed by atoms with Crippen molar-refractivity contribution >= 4 is 5.91 Å². The van der Waals surface area contributed by atoms with Crippen LogP contribution >= 0.6 is 0 Å². The van der Waals surface area contributed by atoms with Gasteiger partial charge in [0.1, 0.15) is 0 Å². The minimum atomic E-state index is 0.108. The van der Waals surface area contributed by atoms with Crippen molar-refractivity contribution in [2.75, 3.05) is 6.54 Å². The molecule has 5 heteroatoms. The van der Waals surface area contributed by atoms with Gasteiger partial charge in [0.15, 0.2) is 0 Å². The van der Waals surface area contributed by atoms with Crippen molar-refractivity contribution in [2.24, 2.45) is 24.6 Å². The first-order valence-corrected chi connectivity index (χ1v) is 6.16. The van der Waals surface area contributed by atoms with Crippen LogP contribution in [0.4, 0.5) is 0 Å². The Labute approximate surface area is 101 Å². The van der Waals surface area contributed by atoms with Gasteiger partial charge in [-0.05, 0) is 25.3 Å². The Bertz CT molecular complexity index is 388. The molecular weight excluding hydrogens is 216 g/mol. The highest BCUT2D eigenvalue weighted by molar-refractivity contribution is 5.79. The van der Waals surface area contributed by atoms with E-state index in [0.29, 0.717) is 19.0 Å². The summed E-state index contributed by atoms with van der Waals surface area (Å²) in [7, 11) is 1.87. The lowest BCUT2D eigenvalue weighted by atomic mass is 9.95. The zero-order chi connectivity index (χ0) is 12.3. The number of carbonyl (C=O) groups is 1. The Hall–Kier alpha value is -1.36. The van der Waals surface area contributed by atoms with Crippen molar-refractivity contribution < 1.29 is 4.79 Å². The topological polar surface area (TPSA) is 72.9 Å². The molecule has 94 valence electrons. The predicted molar refractivity (Wildman–Crippen MR) is 64.9 cm³/mol. The highest BCUT2D eigenvalue weighted by atomic mass is 16.1. The number of aromatic nitrogens is 2. The Balaban J connectivity index is 1.84. The molecule has 1 aromatic rings. The molecule has 1 heterocycles. The van der Waals surface area contributed by atoms with E-state index in [9.17, 15) is 4.79 Å². The van der Waals surface area contributed by atoms with Gasteiger partial charge in [-0.2, -0.15) is 5.10 Å². The molecule has 1 amide bonds. The molecule has 0 saturated heterocycles. The van der Waals surface area contributed by atoms with Gasteiger partial charge in [-0.25, -0.2) is 0 Å². The Morgan fingerprint density at radius 2 is 2.47 bits per heavy atom. The predicted octanol–water partition coefficient (Wildman–Crippen LogP) is 0.411. The normalized spacial score (nSPS) is 23.9. The van der Waals surface area contributed by atoms with Gasteiger partial charge in [-0.15, -0.1) is 0 Å². The average molecular weight is 236 g/mol. The van der Waals surface area contributed by atoms with Crippen molar-refractivity contribution in [2.45, 2.75) is 25.8 Å². The summed E-state index contributed by atoms with van der Waals surface area (Å²) >= 11 is 0. The Kier molecular flexibility index (Phi) is 3.78. The van der Waals surface area contributed by atoms with Crippen LogP contribution in [-0.4, -0.2) is 22.2 Å². The third-order valence-electron chi connectivity index (χ3n) is 3.52. The molecule has 1 aliphatic rings. The van der Waals surface area contributed by atoms with Crippen LogP contribution < -0.4 is 11.1 Å². The molecule has 2 rings (SSSR count). The van der Waals surface area contributed by atoms with Gasteiger partial charge < -0.3 is 11.1 Å². The molecule has 2 atom stereocenters. The molecule has 1 aliphatic carbocycles. The summed E-state index contributed by atoms with van der Waals surface area (Å²) in [5.74, 6) is 0.613. The number of nitrogens with one attached hydrogen (secondary N) is 1. The fourth-order valence-corrected chi connectivity index (χ4v) is 2.55. The monoisotopic (exact) mass is 236 g/mol. The van der Waals surface area contributed by atoms with Gasteiger partial charge >= 0.3 is 0 Å². The Morgan fingerprint density at radius 1 is 1.65 bits per heavy atom. The lowest BCUT2D eigenvalue weighted by molar-refractivity contribution is -0.126. The van der Waals surface area contributed by atoms with Gasteiger partial charge in [-0.1, -0.05) is 6.42 Å². The van der Waals surface area contributed by atoms with Crippen LogP contribution in [0.25, 0.3) is 0 Å². The Morgan fingerprint density at radius 3 is 3.12 bits per heavy atom. The van der Waals surface area contributed by atoms with Crippen LogP contribution in [0.1, 0.15) is 24.8 Å². The number of aryl methyl sites for hydroxylation is 1. The summed E-state index contributed by atoms with van der Waals surface area (Å²) in [5, 5.41) is 7.04. The maximum Gasteiger partial charge on any atom is 0.223 e. The fraction of sp³-hybridized carbons (Fsp3) is 0.667. The molecule has 1 saturated carbocycles. The minimum Gasteiger partial charge on any atom is -0.352 e. The van der Waals surface area contributed by atoms with Crippen LogP contribution in [0.5, 0.6) is 0 Å².